The molecule has 3 heteroatoms. The second kappa shape index (κ2) is 5.23. The first-order valence-corrected chi connectivity index (χ1v) is 5.15. The molecule has 0 bridgehead atoms. The first-order valence-electron chi connectivity index (χ1n) is 4.00. The van der Waals surface area contributed by atoms with E-state index in [1.807, 2.05) is 0 Å². The molecular weight excluding hydrogens is 172 g/mol. The molecule has 0 spiro atoms. The summed E-state index contributed by atoms with van der Waals surface area (Å²) in [6.07, 6.45) is 5.85. The zero-order valence-electron chi connectivity index (χ0n) is 6.91. The standard InChI is InChI=1S/C9H12O2S/c1-2-3-4-8(10)9-7-12-6-5-11-9/h1,9H,3-7H2. The molecule has 1 saturated heterocycles. The largest absolute Gasteiger partial charge is 0.369 e. The molecule has 1 rings (SSSR count). The van der Waals surface area contributed by atoms with E-state index in [9.17, 15) is 4.79 Å². The van der Waals surface area contributed by atoms with Gasteiger partial charge in [0, 0.05) is 24.3 Å². The number of rotatable bonds is 3. The highest BCUT2D eigenvalue weighted by Crippen LogP contribution is 2.14. The third-order valence-corrected chi connectivity index (χ3v) is 2.68. The molecule has 0 N–H and O–H groups in total. The van der Waals surface area contributed by atoms with Crippen molar-refractivity contribution in [1.82, 2.24) is 0 Å². The van der Waals surface area contributed by atoms with Crippen LogP contribution in [0.1, 0.15) is 12.8 Å². The van der Waals surface area contributed by atoms with Crippen molar-refractivity contribution in [2.75, 3.05) is 18.1 Å². The molecule has 2 nitrogen and oxygen atoms in total. The van der Waals surface area contributed by atoms with Crippen molar-refractivity contribution < 1.29 is 9.53 Å². The van der Waals surface area contributed by atoms with Gasteiger partial charge in [0.2, 0.25) is 0 Å². The van der Waals surface area contributed by atoms with Crippen LogP contribution < -0.4 is 0 Å². The summed E-state index contributed by atoms with van der Waals surface area (Å²) in [4.78, 5) is 11.3. The molecule has 1 fully saturated rings. The molecule has 0 radical (unpaired) electrons. The van der Waals surface area contributed by atoms with Crippen LogP contribution in [0.25, 0.3) is 0 Å². The monoisotopic (exact) mass is 184 g/mol. The molecular formula is C9H12O2S. The number of carbonyl (C=O) groups excluding carboxylic acids is 1. The van der Waals surface area contributed by atoms with Gasteiger partial charge in [-0.05, 0) is 0 Å². The Morgan fingerprint density at radius 3 is 3.17 bits per heavy atom. The van der Waals surface area contributed by atoms with Crippen LogP contribution in [0.2, 0.25) is 0 Å². The molecule has 1 aliphatic heterocycles. The Kier molecular flexibility index (Phi) is 4.20. The minimum atomic E-state index is -0.197. The van der Waals surface area contributed by atoms with Gasteiger partial charge in [0.05, 0.1) is 6.61 Å². The minimum absolute atomic E-state index is 0.153. The van der Waals surface area contributed by atoms with E-state index in [0.29, 0.717) is 19.4 Å². The molecule has 1 aliphatic rings. The second-order valence-electron chi connectivity index (χ2n) is 2.60. The van der Waals surface area contributed by atoms with E-state index >= 15 is 0 Å². The second-order valence-corrected chi connectivity index (χ2v) is 3.75. The number of terminal acetylenes is 1. The number of ketones is 1. The van der Waals surface area contributed by atoms with Crippen molar-refractivity contribution in [2.24, 2.45) is 0 Å². The van der Waals surface area contributed by atoms with E-state index in [4.69, 9.17) is 11.2 Å². The fraction of sp³-hybridized carbons (Fsp3) is 0.667. The number of Topliss-reactive ketones (excluding diaryl/α,β-unsaturated/α-hetero) is 1. The van der Waals surface area contributed by atoms with E-state index in [1.54, 1.807) is 11.8 Å². The highest BCUT2D eigenvalue weighted by Gasteiger charge is 2.20. The topological polar surface area (TPSA) is 26.3 Å². The third kappa shape index (κ3) is 2.88. The quantitative estimate of drug-likeness (QED) is 0.614. The Morgan fingerprint density at radius 2 is 2.58 bits per heavy atom. The van der Waals surface area contributed by atoms with Gasteiger partial charge < -0.3 is 4.74 Å². The van der Waals surface area contributed by atoms with Gasteiger partial charge >= 0.3 is 0 Å². The molecule has 0 aliphatic carbocycles. The van der Waals surface area contributed by atoms with E-state index in [-0.39, 0.29) is 11.9 Å². The summed E-state index contributed by atoms with van der Waals surface area (Å²) in [5, 5.41) is 0. The van der Waals surface area contributed by atoms with Crippen LogP contribution in [0.3, 0.4) is 0 Å². The van der Waals surface area contributed by atoms with Crippen LogP contribution >= 0.6 is 11.8 Å². The van der Waals surface area contributed by atoms with E-state index in [1.165, 1.54) is 0 Å². The number of ether oxygens (including phenoxy) is 1. The van der Waals surface area contributed by atoms with Crippen LogP contribution in [0, 0.1) is 12.3 Å². The molecule has 12 heavy (non-hydrogen) atoms. The smallest absolute Gasteiger partial charge is 0.163 e. The zero-order chi connectivity index (χ0) is 8.81. The van der Waals surface area contributed by atoms with Gasteiger partial charge in [0.15, 0.2) is 5.78 Å². The SMILES string of the molecule is C#CCCC(=O)C1CSCCO1. The Labute approximate surface area is 77.1 Å². The summed E-state index contributed by atoms with van der Waals surface area (Å²) < 4.78 is 5.30. The van der Waals surface area contributed by atoms with Crippen molar-refractivity contribution in [3.05, 3.63) is 0 Å². The first-order chi connectivity index (χ1) is 5.84. The van der Waals surface area contributed by atoms with Crippen LogP contribution in [-0.4, -0.2) is 30.0 Å². The highest BCUT2D eigenvalue weighted by atomic mass is 32.2. The summed E-state index contributed by atoms with van der Waals surface area (Å²) >= 11 is 1.77. The van der Waals surface area contributed by atoms with Gasteiger partial charge in [-0.25, -0.2) is 0 Å². The van der Waals surface area contributed by atoms with E-state index in [0.717, 1.165) is 11.5 Å². The van der Waals surface area contributed by atoms with Crippen LogP contribution in [-0.2, 0) is 9.53 Å². The summed E-state index contributed by atoms with van der Waals surface area (Å²) in [6, 6.07) is 0. The predicted octanol–water partition coefficient (Wildman–Crippen LogP) is 1.10. The average molecular weight is 184 g/mol. The number of thioether (sulfide) groups is 1. The average Bonchev–Trinajstić information content (AvgIpc) is 2.15. The normalized spacial score (nSPS) is 23.1. The highest BCUT2D eigenvalue weighted by molar-refractivity contribution is 7.99. The lowest BCUT2D eigenvalue weighted by Crippen LogP contribution is -2.31. The molecule has 0 aromatic heterocycles. The Bertz CT molecular complexity index is 189. The Morgan fingerprint density at radius 1 is 1.75 bits per heavy atom. The van der Waals surface area contributed by atoms with Gasteiger partial charge in [-0.15, -0.1) is 12.3 Å². The fourth-order valence-electron chi connectivity index (χ4n) is 1.03. The van der Waals surface area contributed by atoms with Crippen LogP contribution in [0.15, 0.2) is 0 Å². The molecule has 1 atom stereocenters. The van der Waals surface area contributed by atoms with Crippen LogP contribution in [0.4, 0.5) is 0 Å². The predicted molar refractivity (Wildman–Crippen MR) is 50.1 cm³/mol. The Hall–Kier alpha value is -0.460. The lowest BCUT2D eigenvalue weighted by atomic mass is 10.1. The molecule has 0 saturated carbocycles. The lowest BCUT2D eigenvalue weighted by molar-refractivity contribution is -0.129. The zero-order valence-corrected chi connectivity index (χ0v) is 7.73. The maximum absolute atomic E-state index is 11.3. The first kappa shape index (κ1) is 9.63. The van der Waals surface area contributed by atoms with E-state index < -0.39 is 0 Å². The van der Waals surface area contributed by atoms with E-state index in [2.05, 4.69) is 5.92 Å². The van der Waals surface area contributed by atoms with Crippen molar-refractivity contribution in [3.63, 3.8) is 0 Å². The minimum Gasteiger partial charge on any atom is -0.369 e. The molecule has 0 amide bonds. The number of hydrogen-bond acceptors (Lipinski definition) is 3. The fourth-order valence-corrected chi connectivity index (χ4v) is 1.91. The molecule has 66 valence electrons. The van der Waals surface area contributed by atoms with Crippen molar-refractivity contribution in [1.29, 1.82) is 0 Å². The molecule has 1 heterocycles. The maximum Gasteiger partial charge on any atom is 0.163 e. The van der Waals surface area contributed by atoms with Gasteiger partial charge in [-0.3, -0.25) is 4.79 Å². The van der Waals surface area contributed by atoms with Gasteiger partial charge in [0.25, 0.3) is 0 Å². The number of carbonyl (C=O) groups is 1. The third-order valence-electron chi connectivity index (χ3n) is 1.69. The van der Waals surface area contributed by atoms with Gasteiger partial charge in [0.1, 0.15) is 6.10 Å². The van der Waals surface area contributed by atoms with Crippen molar-refractivity contribution in [3.8, 4) is 12.3 Å². The molecule has 0 aromatic rings. The van der Waals surface area contributed by atoms with Crippen molar-refractivity contribution in [2.45, 2.75) is 18.9 Å². The van der Waals surface area contributed by atoms with Crippen molar-refractivity contribution >= 4 is 17.5 Å². The maximum atomic E-state index is 11.3. The molecule has 1 unspecified atom stereocenters. The van der Waals surface area contributed by atoms with Gasteiger partial charge in [-0.1, -0.05) is 0 Å². The Balaban J connectivity index is 2.26. The number of hydrogen-bond donors (Lipinski definition) is 0. The molecule has 0 aromatic carbocycles. The summed E-state index contributed by atoms with van der Waals surface area (Å²) in [6.45, 7) is 0.692. The van der Waals surface area contributed by atoms with Gasteiger partial charge in [-0.2, -0.15) is 11.8 Å². The summed E-state index contributed by atoms with van der Waals surface area (Å²) in [7, 11) is 0. The lowest BCUT2D eigenvalue weighted by Gasteiger charge is -2.20. The summed E-state index contributed by atoms with van der Waals surface area (Å²) in [5.74, 6) is 4.40. The summed E-state index contributed by atoms with van der Waals surface area (Å²) in [5.41, 5.74) is 0. The van der Waals surface area contributed by atoms with Crippen LogP contribution in [0.5, 0.6) is 0 Å².